The van der Waals surface area contributed by atoms with E-state index in [9.17, 15) is 14.0 Å². The molecule has 2 amide bonds. The zero-order chi connectivity index (χ0) is 23.4. The molecule has 0 N–H and O–H groups in total. The van der Waals surface area contributed by atoms with E-state index in [4.69, 9.17) is 9.47 Å². The highest BCUT2D eigenvalue weighted by Crippen LogP contribution is 2.35. The monoisotopic (exact) mass is 463 g/mol. The van der Waals surface area contributed by atoms with Crippen LogP contribution >= 0.6 is 11.8 Å². The lowest BCUT2D eigenvalue weighted by Crippen LogP contribution is -2.27. The first-order valence-electron chi connectivity index (χ1n) is 10.3. The third kappa shape index (κ3) is 5.26. The molecule has 3 aromatic carbocycles. The highest BCUT2D eigenvalue weighted by Gasteiger charge is 2.35. The van der Waals surface area contributed by atoms with Gasteiger partial charge in [0.05, 0.1) is 18.6 Å². The molecule has 33 heavy (non-hydrogen) atoms. The van der Waals surface area contributed by atoms with Crippen molar-refractivity contribution in [3.8, 4) is 11.5 Å². The minimum atomic E-state index is -0.338. The number of amides is 2. The molecule has 168 valence electrons. The molecule has 0 bridgehead atoms. The Kier molecular flexibility index (Phi) is 6.79. The summed E-state index contributed by atoms with van der Waals surface area (Å²) < 4.78 is 25.0. The summed E-state index contributed by atoms with van der Waals surface area (Å²) in [6.07, 6.45) is 1.66. The Morgan fingerprint density at radius 2 is 1.76 bits per heavy atom. The quantitative estimate of drug-likeness (QED) is 0.405. The molecular weight excluding hydrogens is 441 g/mol. The van der Waals surface area contributed by atoms with Gasteiger partial charge in [0.2, 0.25) is 0 Å². The molecule has 4 rings (SSSR count). The number of nitrogens with zero attached hydrogens (tertiary/aromatic N) is 1. The molecule has 0 aliphatic carbocycles. The number of methoxy groups -OCH3 is 1. The Labute approximate surface area is 195 Å². The number of aryl methyl sites for hydroxylation is 1. The van der Waals surface area contributed by atoms with Crippen LogP contribution in [0.1, 0.15) is 22.3 Å². The lowest BCUT2D eigenvalue weighted by Gasteiger charge is -2.13. The molecule has 0 saturated carbocycles. The Morgan fingerprint density at radius 1 is 1.00 bits per heavy atom. The van der Waals surface area contributed by atoms with Crippen LogP contribution in [0, 0.1) is 12.7 Å². The van der Waals surface area contributed by atoms with E-state index in [0.717, 1.165) is 22.9 Å². The Bertz CT molecular complexity index is 1220. The summed E-state index contributed by atoms with van der Waals surface area (Å²) in [6.45, 7) is 2.27. The van der Waals surface area contributed by atoms with Crippen molar-refractivity contribution in [3.05, 3.63) is 99.7 Å². The third-order valence-electron chi connectivity index (χ3n) is 5.16. The normalized spacial score (nSPS) is 14.8. The fourth-order valence-electron chi connectivity index (χ4n) is 3.33. The molecule has 1 aliphatic rings. The summed E-state index contributed by atoms with van der Waals surface area (Å²) in [5, 5.41) is -0.302. The zero-order valence-electron chi connectivity index (χ0n) is 18.2. The van der Waals surface area contributed by atoms with Crippen LogP contribution in [0.15, 0.2) is 71.6 Å². The lowest BCUT2D eigenvalue weighted by atomic mass is 10.1. The standard InChI is InChI=1S/C26H22FNO4S/c1-17-7-9-18(10-8-17)15-28-25(29)24(33-26(28)30)14-19-11-12-22(23(13-19)31-2)32-16-20-5-3-4-6-21(20)27/h3-14H,15-16H2,1-2H3/b24-14-. The lowest BCUT2D eigenvalue weighted by molar-refractivity contribution is -0.123. The predicted octanol–water partition coefficient (Wildman–Crippen LogP) is 5.96. The van der Waals surface area contributed by atoms with Crippen LogP contribution in [0.4, 0.5) is 9.18 Å². The van der Waals surface area contributed by atoms with Gasteiger partial charge in [0.15, 0.2) is 11.5 Å². The van der Waals surface area contributed by atoms with Crippen molar-refractivity contribution in [2.75, 3.05) is 7.11 Å². The van der Waals surface area contributed by atoms with E-state index >= 15 is 0 Å². The van der Waals surface area contributed by atoms with Gasteiger partial charge in [-0.25, -0.2) is 4.39 Å². The summed E-state index contributed by atoms with van der Waals surface area (Å²) in [6, 6.07) is 19.3. The number of thioether (sulfide) groups is 1. The van der Waals surface area contributed by atoms with E-state index < -0.39 is 0 Å². The molecule has 5 nitrogen and oxygen atoms in total. The first kappa shape index (κ1) is 22.6. The van der Waals surface area contributed by atoms with Gasteiger partial charge in [0, 0.05) is 5.56 Å². The Hall–Kier alpha value is -3.58. The molecule has 1 aliphatic heterocycles. The van der Waals surface area contributed by atoms with Crippen LogP contribution in [0.25, 0.3) is 6.08 Å². The fourth-order valence-corrected chi connectivity index (χ4v) is 4.17. The second-order valence-corrected chi connectivity index (χ2v) is 8.54. The summed E-state index contributed by atoms with van der Waals surface area (Å²) in [7, 11) is 1.50. The molecular formula is C26H22FNO4S. The number of carbonyl (C=O) groups is 2. The molecule has 0 unspecified atom stereocenters. The van der Waals surface area contributed by atoms with E-state index in [2.05, 4.69) is 0 Å². The van der Waals surface area contributed by atoms with Crippen molar-refractivity contribution in [2.24, 2.45) is 0 Å². The van der Waals surface area contributed by atoms with Crippen LogP contribution in [0.2, 0.25) is 0 Å². The van der Waals surface area contributed by atoms with E-state index in [0.29, 0.717) is 27.5 Å². The van der Waals surface area contributed by atoms with Gasteiger partial charge in [-0.3, -0.25) is 14.5 Å². The van der Waals surface area contributed by atoms with Gasteiger partial charge < -0.3 is 9.47 Å². The van der Waals surface area contributed by atoms with Crippen LogP contribution in [-0.4, -0.2) is 23.2 Å². The van der Waals surface area contributed by atoms with E-state index in [1.165, 1.54) is 18.1 Å². The number of rotatable bonds is 7. The minimum Gasteiger partial charge on any atom is -0.493 e. The van der Waals surface area contributed by atoms with Gasteiger partial charge in [0.25, 0.3) is 11.1 Å². The number of benzene rings is 3. The van der Waals surface area contributed by atoms with Gasteiger partial charge >= 0.3 is 0 Å². The molecule has 1 saturated heterocycles. The maximum absolute atomic E-state index is 13.8. The number of halogens is 1. The van der Waals surface area contributed by atoms with Crippen LogP contribution in [0.5, 0.6) is 11.5 Å². The summed E-state index contributed by atoms with van der Waals surface area (Å²) in [4.78, 5) is 26.8. The topological polar surface area (TPSA) is 55.8 Å². The van der Waals surface area contributed by atoms with Gasteiger partial charge in [0.1, 0.15) is 12.4 Å². The molecule has 0 radical (unpaired) electrons. The third-order valence-corrected chi connectivity index (χ3v) is 6.07. The smallest absolute Gasteiger partial charge is 0.293 e. The largest absolute Gasteiger partial charge is 0.493 e. The first-order chi connectivity index (χ1) is 15.9. The summed E-state index contributed by atoms with van der Waals surface area (Å²) in [5.74, 6) is 0.225. The molecule has 1 heterocycles. The average molecular weight is 464 g/mol. The van der Waals surface area contributed by atoms with Crippen molar-refractivity contribution in [3.63, 3.8) is 0 Å². The molecule has 0 atom stereocenters. The maximum Gasteiger partial charge on any atom is 0.293 e. The molecule has 0 aromatic heterocycles. The van der Waals surface area contributed by atoms with Gasteiger partial charge in [-0.05, 0) is 54.1 Å². The summed E-state index contributed by atoms with van der Waals surface area (Å²) in [5.41, 5.74) is 3.13. The van der Waals surface area contributed by atoms with Crippen molar-refractivity contribution < 1.29 is 23.5 Å². The Balaban J connectivity index is 1.49. The molecule has 0 spiro atoms. The van der Waals surface area contributed by atoms with Crippen molar-refractivity contribution in [1.82, 2.24) is 4.90 Å². The molecule has 7 heteroatoms. The number of imide groups is 1. The van der Waals surface area contributed by atoms with Gasteiger partial charge in [-0.2, -0.15) is 0 Å². The zero-order valence-corrected chi connectivity index (χ0v) is 19.0. The van der Waals surface area contributed by atoms with Crippen molar-refractivity contribution in [2.45, 2.75) is 20.1 Å². The van der Waals surface area contributed by atoms with Crippen LogP contribution in [-0.2, 0) is 17.9 Å². The van der Waals surface area contributed by atoms with E-state index in [-0.39, 0.29) is 30.1 Å². The van der Waals surface area contributed by atoms with Crippen LogP contribution < -0.4 is 9.47 Å². The predicted molar refractivity (Wildman–Crippen MR) is 126 cm³/mol. The van der Waals surface area contributed by atoms with Crippen molar-refractivity contribution in [1.29, 1.82) is 0 Å². The Morgan fingerprint density at radius 3 is 2.48 bits per heavy atom. The molecule has 1 fully saturated rings. The minimum absolute atomic E-state index is 0.0558. The second-order valence-electron chi connectivity index (χ2n) is 7.54. The maximum atomic E-state index is 13.8. The van der Waals surface area contributed by atoms with Crippen LogP contribution in [0.3, 0.4) is 0 Å². The summed E-state index contributed by atoms with van der Waals surface area (Å²) >= 11 is 0.911. The molecule has 3 aromatic rings. The highest BCUT2D eigenvalue weighted by atomic mass is 32.2. The number of ether oxygens (including phenoxy) is 2. The van der Waals surface area contributed by atoms with E-state index in [1.54, 1.807) is 42.5 Å². The SMILES string of the molecule is COc1cc(/C=C2\SC(=O)N(Cc3ccc(C)cc3)C2=O)ccc1OCc1ccccc1F. The average Bonchev–Trinajstić information content (AvgIpc) is 3.07. The highest BCUT2D eigenvalue weighted by molar-refractivity contribution is 8.18. The first-order valence-corrected chi connectivity index (χ1v) is 11.1. The number of carbonyl (C=O) groups excluding carboxylic acids is 2. The number of hydrogen-bond acceptors (Lipinski definition) is 5. The van der Waals surface area contributed by atoms with Gasteiger partial charge in [-0.1, -0.05) is 54.1 Å². The van der Waals surface area contributed by atoms with Gasteiger partial charge in [-0.15, -0.1) is 0 Å². The van der Waals surface area contributed by atoms with E-state index in [1.807, 2.05) is 31.2 Å². The second kappa shape index (κ2) is 9.92. The fraction of sp³-hybridized carbons (Fsp3) is 0.154. The van der Waals surface area contributed by atoms with Crippen molar-refractivity contribution >= 4 is 29.0 Å². The number of hydrogen-bond donors (Lipinski definition) is 0.